The first kappa shape index (κ1) is 13.9. The average Bonchev–Trinajstić information content (AvgIpc) is 2.67. The zero-order chi connectivity index (χ0) is 14.4. The molecular formula is C10H8F6N2O. The van der Waals surface area contributed by atoms with Gasteiger partial charge in [0.05, 0.1) is 12.1 Å². The first-order valence-corrected chi connectivity index (χ1v) is 5.30. The van der Waals surface area contributed by atoms with Crippen LogP contribution in [0.1, 0.15) is 36.2 Å². The molecule has 1 aromatic heterocycles. The summed E-state index contributed by atoms with van der Waals surface area (Å²) in [6, 6.07) is 0. The summed E-state index contributed by atoms with van der Waals surface area (Å²) in [7, 11) is 0. The summed E-state index contributed by atoms with van der Waals surface area (Å²) in [6.45, 7) is -0.777. The number of halogens is 6. The van der Waals surface area contributed by atoms with E-state index in [1.54, 1.807) is 0 Å². The van der Waals surface area contributed by atoms with Crippen LogP contribution in [-0.2, 0) is 23.2 Å². The molecule has 0 spiro atoms. The van der Waals surface area contributed by atoms with Crippen LogP contribution in [0.5, 0.6) is 0 Å². The standard InChI is InChI=1S/C10H8F6N2O/c11-8(12)6-5-7(18(17-6)3-4-19)10(15,16)2-1-9(5,13)14/h4,8H,1-3H2. The van der Waals surface area contributed by atoms with Gasteiger partial charge >= 0.3 is 0 Å². The lowest BCUT2D eigenvalue weighted by Crippen LogP contribution is -2.32. The number of aromatic nitrogens is 2. The minimum Gasteiger partial charge on any atom is -0.301 e. The molecule has 0 bridgehead atoms. The van der Waals surface area contributed by atoms with E-state index < -0.39 is 54.6 Å². The molecule has 1 aromatic rings. The minimum atomic E-state index is -3.80. The maximum absolute atomic E-state index is 13.6. The fourth-order valence-electron chi connectivity index (χ4n) is 2.13. The van der Waals surface area contributed by atoms with E-state index in [1.807, 2.05) is 0 Å². The predicted octanol–water partition coefficient (Wildman–Crippen LogP) is 3.00. The molecule has 0 saturated heterocycles. The molecule has 0 amide bonds. The van der Waals surface area contributed by atoms with Crippen LogP contribution in [0.2, 0.25) is 0 Å². The van der Waals surface area contributed by atoms with Crippen molar-refractivity contribution in [3.63, 3.8) is 0 Å². The highest BCUT2D eigenvalue weighted by Crippen LogP contribution is 2.52. The molecule has 0 fully saturated rings. The predicted molar refractivity (Wildman–Crippen MR) is 50.3 cm³/mol. The molecule has 0 aliphatic heterocycles. The Hall–Kier alpha value is -1.54. The van der Waals surface area contributed by atoms with Crippen LogP contribution >= 0.6 is 0 Å². The molecule has 0 unspecified atom stereocenters. The first-order valence-electron chi connectivity index (χ1n) is 5.30. The fraction of sp³-hybridized carbons (Fsp3) is 0.600. The van der Waals surface area contributed by atoms with Gasteiger partial charge in [0.2, 0.25) is 0 Å². The van der Waals surface area contributed by atoms with Gasteiger partial charge in [-0.1, -0.05) is 0 Å². The number of hydrogen-bond acceptors (Lipinski definition) is 2. The van der Waals surface area contributed by atoms with Crippen molar-refractivity contribution in [1.82, 2.24) is 9.78 Å². The summed E-state index contributed by atoms with van der Waals surface area (Å²) in [5.74, 6) is -7.51. The van der Waals surface area contributed by atoms with Gasteiger partial charge in [0.15, 0.2) is 0 Å². The molecule has 0 saturated carbocycles. The number of hydrogen-bond donors (Lipinski definition) is 0. The van der Waals surface area contributed by atoms with Gasteiger partial charge in [-0.3, -0.25) is 4.68 Å². The van der Waals surface area contributed by atoms with E-state index in [0.717, 1.165) is 0 Å². The van der Waals surface area contributed by atoms with E-state index >= 15 is 0 Å². The number of carbonyl (C=O) groups excluding carboxylic acids is 1. The molecule has 9 heteroatoms. The number of carbonyl (C=O) groups is 1. The van der Waals surface area contributed by atoms with Crippen molar-refractivity contribution in [3.8, 4) is 0 Å². The summed E-state index contributed by atoms with van der Waals surface area (Å²) in [4.78, 5) is 10.3. The van der Waals surface area contributed by atoms with Crippen molar-refractivity contribution in [2.75, 3.05) is 0 Å². The van der Waals surface area contributed by atoms with Crippen LogP contribution in [0.4, 0.5) is 26.3 Å². The van der Waals surface area contributed by atoms with E-state index in [2.05, 4.69) is 5.10 Å². The number of rotatable bonds is 3. The SMILES string of the molecule is O=CCn1nc(C(F)F)c2c1C(F)(F)CCC2(F)F. The number of alkyl halides is 6. The fourth-order valence-corrected chi connectivity index (χ4v) is 2.13. The van der Waals surface area contributed by atoms with E-state index in [-0.39, 0.29) is 11.0 Å². The van der Waals surface area contributed by atoms with Crippen molar-refractivity contribution in [3.05, 3.63) is 17.0 Å². The Morgan fingerprint density at radius 3 is 2.32 bits per heavy atom. The lowest BCUT2D eigenvalue weighted by molar-refractivity contribution is -0.110. The maximum atomic E-state index is 13.6. The molecule has 1 aliphatic rings. The Morgan fingerprint density at radius 2 is 1.79 bits per heavy atom. The summed E-state index contributed by atoms with van der Waals surface area (Å²) >= 11 is 0. The first-order chi connectivity index (χ1) is 8.70. The van der Waals surface area contributed by atoms with Crippen molar-refractivity contribution in [1.29, 1.82) is 0 Å². The largest absolute Gasteiger partial charge is 0.301 e. The van der Waals surface area contributed by atoms with Gasteiger partial charge in [-0.25, -0.2) is 17.6 Å². The van der Waals surface area contributed by atoms with Crippen LogP contribution in [0.15, 0.2) is 0 Å². The lowest BCUT2D eigenvalue weighted by Gasteiger charge is -2.29. The monoisotopic (exact) mass is 286 g/mol. The molecule has 1 heterocycles. The third-order valence-electron chi connectivity index (χ3n) is 2.90. The van der Waals surface area contributed by atoms with Gasteiger partial charge in [0.25, 0.3) is 18.3 Å². The van der Waals surface area contributed by atoms with Gasteiger partial charge in [0, 0.05) is 12.8 Å². The molecule has 106 valence electrons. The zero-order valence-electron chi connectivity index (χ0n) is 9.35. The van der Waals surface area contributed by atoms with Crippen LogP contribution < -0.4 is 0 Å². The van der Waals surface area contributed by atoms with E-state index in [0.29, 0.717) is 0 Å². The van der Waals surface area contributed by atoms with Gasteiger partial charge in [-0.05, 0) is 0 Å². The molecule has 0 radical (unpaired) electrons. The van der Waals surface area contributed by atoms with Crippen LogP contribution in [0, 0.1) is 0 Å². The summed E-state index contributed by atoms with van der Waals surface area (Å²) in [5.41, 5.74) is -4.12. The molecule has 3 nitrogen and oxygen atoms in total. The molecule has 0 aromatic carbocycles. The molecule has 19 heavy (non-hydrogen) atoms. The Kier molecular flexibility index (Phi) is 3.10. The second-order valence-electron chi connectivity index (χ2n) is 4.17. The molecule has 2 rings (SSSR count). The van der Waals surface area contributed by atoms with Gasteiger partial charge in [-0.15, -0.1) is 0 Å². The Morgan fingerprint density at radius 1 is 1.21 bits per heavy atom. The van der Waals surface area contributed by atoms with Crippen molar-refractivity contribution in [2.24, 2.45) is 0 Å². The number of nitrogens with zero attached hydrogens (tertiary/aromatic N) is 2. The molecule has 0 N–H and O–H groups in total. The highest BCUT2D eigenvalue weighted by atomic mass is 19.3. The smallest absolute Gasteiger partial charge is 0.290 e. The normalized spacial score (nSPS) is 20.4. The second kappa shape index (κ2) is 4.24. The van der Waals surface area contributed by atoms with Crippen LogP contribution in [0.3, 0.4) is 0 Å². The highest BCUT2D eigenvalue weighted by Gasteiger charge is 2.54. The average molecular weight is 286 g/mol. The Balaban J connectivity index is 2.74. The van der Waals surface area contributed by atoms with Gasteiger partial charge in [0.1, 0.15) is 17.7 Å². The quantitative estimate of drug-likeness (QED) is 0.632. The van der Waals surface area contributed by atoms with E-state index in [9.17, 15) is 31.1 Å². The van der Waals surface area contributed by atoms with Crippen LogP contribution in [0.25, 0.3) is 0 Å². The van der Waals surface area contributed by atoms with Gasteiger partial charge in [-0.2, -0.15) is 13.9 Å². The van der Waals surface area contributed by atoms with Crippen LogP contribution in [-0.4, -0.2) is 16.1 Å². The van der Waals surface area contributed by atoms with Crippen molar-refractivity contribution < 1.29 is 31.1 Å². The summed E-state index contributed by atoms with van der Waals surface area (Å²) < 4.78 is 80.1. The Labute approximate surface area is 103 Å². The third kappa shape index (κ3) is 2.10. The Bertz CT molecular complexity index is 510. The number of aldehydes is 1. The van der Waals surface area contributed by atoms with Crippen molar-refractivity contribution in [2.45, 2.75) is 37.7 Å². The summed E-state index contributed by atoms with van der Waals surface area (Å²) in [6.07, 6.45) is -5.70. The zero-order valence-corrected chi connectivity index (χ0v) is 9.35. The molecule has 0 atom stereocenters. The van der Waals surface area contributed by atoms with Crippen molar-refractivity contribution >= 4 is 6.29 Å². The lowest BCUT2D eigenvalue weighted by atomic mass is 9.89. The van der Waals surface area contributed by atoms with E-state index in [1.165, 1.54) is 0 Å². The topological polar surface area (TPSA) is 34.9 Å². The minimum absolute atomic E-state index is 0.130. The third-order valence-corrected chi connectivity index (χ3v) is 2.90. The number of fused-ring (bicyclic) bond motifs is 1. The van der Waals surface area contributed by atoms with E-state index in [4.69, 9.17) is 0 Å². The second-order valence-corrected chi connectivity index (χ2v) is 4.17. The maximum Gasteiger partial charge on any atom is 0.290 e. The highest BCUT2D eigenvalue weighted by molar-refractivity contribution is 5.50. The molecule has 1 aliphatic carbocycles. The summed E-state index contributed by atoms with van der Waals surface area (Å²) in [5, 5.41) is 3.05. The van der Waals surface area contributed by atoms with Gasteiger partial charge < -0.3 is 4.79 Å². The molecular weight excluding hydrogens is 278 g/mol.